The molecule has 0 aromatic carbocycles. The summed E-state index contributed by atoms with van der Waals surface area (Å²) in [6.45, 7) is 0. The van der Waals surface area contributed by atoms with Gasteiger partial charge in [-0.05, 0) is 25.0 Å². The summed E-state index contributed by atoms with van der Waals surface area (Å²) in [6.07, 6.45) is 5.41. The average Bonchev–Trinajstić information content (AvgIpc) is 3.00. The third-order valence-corrected chi connectivity index (χ3v) is 3.78. The molecule has 2 aromatic rings. The van der Waals surface area contributed by atoms with E-state index in [1.807, 2.05) is 17.5 Å². The lowest BCUT2D eigenvalue weighted by molar-refractivity contribution is 0.868. The molecule has 1 aliphatic carbocycles. The highest BCUT2D eigenvalue weighted by atomic mass is 32.1. The fraction of sp³-hybridized carbons (Fsp3) is 0.250. The summed E-state index contributed by atoms with van der Waals surface area (Å²) in [5, 5.41) is 12.1. The van der Waals surface area contributed by atoms with Gasteiger partial charge >= 0.3 is 0 Å². The van der Waals surface area contributed by atoms with Crippen LogP contribution in [0.25, 0.3) is 10.6 Å². The van der Waals surface area contributed by atoms with Gasteiger partial charge in [-0.2, -0.15) is 5.26 Å². The van der Waals surface area contributed by atoms with Crippen molar-refractivity contribution in [2.45, 2.75) is 18.3 Å². The van der Waals surface area contributed by atoms with Gasteiger partial charge in [0.1, 0.15) is 10.4 Å². The van der Waals surface area contributed by atoms with Crippen LogP contribution >= 0.6 is 11.3 Å². The molecule has 2 heterocycles. The smallest absolute Gasteiger partial charge is 0.123 e. The number of nitriles is 1. The van der Waals surface area contributed by atoms with Crippen LogP contribution in [0.15, 0.2) is 29.9 Å². The maximum absolute atomic E-state index is 9.09. The van der Waals surface area contributed by atoms with Gasteiger partial charge in [-0.3, -0.25) is 4.98 Å². The summed E-state index contributed by atoms with van der Waals surface area (Å²) >= 11 is 1.59. The van der Waals surface area contributed by atoms with E-state index in [-0.39, 0.29) is 5.41 Å². The molecule has 0 radical (unpaired) electrons. The topological polar surface area (TPSA) is 49.6 Å². The van der Waals surface area contributed by atoms with Crippen molar-refractivity contribution >= 4 is 11.3 Å². The number of aromatic nitrogens is 2. The first-order valence-corrected chi connectivity index (χ1v) is 6.00. The molecule has 1 aliphatic rings. The van der Waals surface area contributed by atoms with E-state index in [1.165, 1.54) is 0 Å². The second-order valence-electron chi connectivity index (χ2n) is 3.97. The van der Waals surface area contributed by atoms with E-state index in [9.17, 15) is 0 Å². The second-order valence-corrected chi connectivity index (χ2v) is 4.83. The third-order valence-electron chi connectivity index (χ3n) is 2.89. The van der Waals surface area contributed by atoms with E-state index in [0.717, 1.165) is 29.1 Å². The highest BCUT2D eigenvalue weighted by Gasteiger charge is 2.46. The van der Waals surface area contributed by atoms with Crippen LogP contribution in [-0.2, 0) is 5.41 Å². The summed E-state index contributed by atoms with van der Waals surface area (Å²) in [7, 11) is 0. The zero-order chi connectivity index (χ0) is 11.0. The van der Waals surface area contributed by atoms with Crippen molar-refractivity contribution in [1.82, 2.24) is 9.97 Å². The normalized spacial score (nSPS) is 16.7. The Hall–Kier alpha value is -1.73. The monoisotopic (exact) mass is 227 g/mol. The van der Waals surface area contributed by atoms with Crippen molar-refractivity contribution in [2.75, 3.05) is 0 Å². The van der Waals surface area contributed by atoms with E-state index >= 15 is 0 Å². The molecule has 0 saturated heterocycles. The van der Waals surface area contributed by atoms with E-state index in [2.05, 4.69) is 16.0 Å². The Morgan fingerprint density at radius 3 is 2.69 bits per heavy atom. The number of hydrogen-bond acceptors (Lipinski definition) is 4. The third kappa shape index (κ3) is 1.41. The highest BCUT2D eigenvalue weighted by molar-refractivity contribution is 7.13. The minimum Gasteiger partial charge on any atom is -0.265 e. The van der Waals surface area contributed by atoms with Crippen molar-refractivity contribution in [3.05, 3.63) is 35.6 Å². The number of hydrogen-bond donors (Lipinski definition) is 0. The first-order chi connectivity index (χ1) is 7.84. The minimum absolute atomic E-state index is 0.276. The zero-order valence-corrected chi connectivity index (χ0v) is 9.37. The van der Waals surface area contributed by atoms with E-state index in [1.54, 1.807) is 23.7 Å². The molecule has 3 nitrogen and oxygen atoms in total. The Bertz CT molecular complexity index is 549. The summed E-state index contributed by atoms with van der Waals surface area (Å²) in [5.41, 5.74) is 1.73. The average molecular weight is 227 g/mol. The van der Waals surface area contributed by atoms with Crippen LogP contribution in [0.5, 0.6) is 0 Å². The lowest BCUT2D eigenvalue weighted by atomic mass is 10.1. The van der Waals surface area contributed by atoms with Crippen molar-refractivity contribution in [1.29, 1.82) is 5.26 Å². The minimum atomic E-state index is -0.276. The number of nitrogens with zero attached hydrogens (tertiary/aromatic N) is 3. The van der Waals surface area contributed by atoms with Crippen LogP contribution in [0.2, 0.25) is 0 Å². The molecule has 0 unspecified atom stereocenters. The molecule has 2 aromatic heterocycles. The van der Waals surface area contributed by atoms with Crippen molar-refractivity contribution in [3.63, 3.8) is 0 Å². The summed E-state index contributed by atoms with van der Waals surface area (Å²) in [4.78, 5) is 8.53. The van der Waals surface area contributed by atoms with Crippen LogP contribution in [0.4, 0.5) is 0 Å². The molecule has 3 rings (SSSR count). The van der Waals surface area contributed by atoms with Crippen LogP contribution in [0, 0.1) is 11.3 Å². The van der Waals surface area contributed by atoms with Crippen LogP contribution in [0.1, 0.15) is 18.5 Å². The van der Waals surface area contributed by atoms with Gasteiger partial charge in [0, 0.05) is 23.3 Å². The Balaban J connectivity index is 1.98. The van der Waals surface area contributed by atoms with Gasteiger partial charge in [-0.15, -0.1) is 11.3 Å². The lowest BCUT2D eigenvalue weighted by Gasteiger charge is -1.98. The molecular formula is C12H9N3S. The standard InChI is InChI=1S/C12H9N3S/c13-8-12(3-4-12)10-7-16-11(15-10)9-1-5-14-6-2-9/h1-2,5-7H,3-4H2. The summed E-state index contributed by atoms with van der Waals surface area (Å²) in [5.74, 6) is 0. The summed E-state index contributed by atoms with van der Waals surface area (Å²) < 4.78 is 0. The Kier molecular flexibility index (Phi) is 2.01. The highest BCUT2D eigenvalue weighted by Crippen LogP contribution is 2.48. The van der Waals surface area contributed by atoms with E-state index in [0.29, 0.717) is 0 Å². The van der Waals surface area contributed by atoms with E-state index < -0.39 is 0 Å². The maximum Gasteiger partial charge on any atom is 0.123 e. The first-order valence-electron chi connectivity index (χ1n) is 5.12. The van der Waals surface area contributed by atoms with Crippen molar-refractivity contribution in [3.8, 4) is 16.6 Å². The quantitative estimate of drug-likeness (QED) is 0.792. The van der Waals surface area contributed by atoms with Gasteiger partial charge in [0.25, 0.3) is 0 Å². The number of pyridine rings is 1. The van der Waals surface area contributed by atoms with Crippen LogP contribution in [-0.4, -0.2) is 9.97 Å². The van der Waals surface area contributed by atoms with Crippen molar-refractivity contribution < 1.29 is 0 Å². The van der Waals surface area contributed by atoms with E-state index in [4.69, 9.17) is 5.26 Å². The molecule has 0 bridgehead atoms. The molecule has 0 N–H and O–H groups in total. The predicted octanol–water partition coefficient (Wildman–Crippen LogP) is 2.76. The molecule has 0 spiro atoms. The van der Waals surface area contributed by atoms with Gasteiger partial charge in [0.15, 0.2) is 0 Å². The summed E-state index contributed by atoms with van der Waals surface area (Å²) in [6, 6.07) is 6.24. The van der Waals surface area contributed by atoms with Gasteiger partial charge in [0.05, 0.1) is 11.8 Å². The predicted molar refractivity (Wildman–Crippen MR) is 61.9 cm³/mol. The number of rotatable bonds is 2. The zero-order valence-electron chi connectivity index (χ0n) is 8.55. The maximum atomic E-state index is 9.09. The molecule has 0 atom stereocenters. The second kappa shape index (κ2) is 3.39. The lowest BCUT2D eigenvalue weighted by Crippen LogP contribution is -2.02. The molecule has 78 valence electrons. The van der Waals surface area contributed by atoms with Crippen molar-refractivity contribution in [2.24, 2.45) is 0 Å². The molecule has 16 heavy (non-hydrogen) atoms. The van der Waals surface area contributed by atoms with Gasteiger partial charge < -0.3 is 0 Å². The molecular weight excluding hydrogens is 218 g/mol. The first kappa shape index (κ1) is 9.49. The molecule has 0 amide bonds. The molecule has 1 saturated carbocycles. The van der Waals surface area contributed by atoms with Crippen LogP contribution in [0.3, 0.4) is 0 Å². The van der Waals surface area contributed by atoms with Gasteiger partial charge in [-0.1, -0.05) is 0 Å². The van der Waals surface area contributed by atoms with Crippen LogP contribution < -0.4 is 0 Å². The SMILES string of the molecule is N#CC1(c2csc(-c3ccncc3)n2)CC1. The Morgan fingerprint density at radius 2 is 2.06 bits per heavy atom. The largest absolute Gasteiger partial charge is 0.265 e. The Labute approximate surface area is 97.4 Å². The van der Waals surface area contributed by atoms with Gasteiger partial charge in [-0.25, -0.2) is 4.98 Å². The van der Waals surface area contributed by atoms with Gasteiger partial charge in [0.2, 0.25) is 0 Å². The molecule has 4 heteroatoms. The Morgan fingerprint density at radius 1 is 1.31 bits per heavy atom. The molecule has 0 aliphatic heterocycles. The fourth-order valence-corrected chi connectivity index (χ4v) is 2.60. The molecule has 1 fully saturated rings. The fourth-order valence-electron chi connectivity index (χ4n) is 1.67. The number of thiazole rings is 1.